The van der Waals surface area contributed by atoms with E-state index in [0.717, 1.165) is 16.9 Å². The molecule has 0 saturated carbocycles. The summed E-state index contributed by atoms with van der Waals surface area (Å²) in [6, 6.07) is 11.2. The molecule has 0 saturated heterocycles. The minimum Gasteiger partial charge on any atom is -0.469 e. The largest absolute Gasteiger partial charge is 0.469 e. The maximum atomic E-state index is 11.7. The monoisotopic (exact) mass is 288 g/mol. The SMILES string of the molecule is NC(=S)c1cccc(CNC(=O)CCc2ccco2)c1. The van der Waals surface area contributed by atoms with Crippen LogP contribution >= 0.6 is 12.2 Å². The van der Waals surface area contributed by atoms with Crippen LogP contribution < -0.4 is 11.1 Å². The standard InChI is InChI=1S/C15H16N2O2S/c16-15(20)12-4-1-3-11(9-12)10-17-14(18)7-6-13-5-2-8-19-13/h1-5,8-9H,6-7,10H2,(H2,16,20)(H,17,18). The molecule has 1 heterocycles. The van der Waals surface area contributed by atoms with Crippen molar-refractivity contribution in [2.75, 3.05) is 0 Å². The van der Waals surface area contributed by atoms with E-state index in [9.17, 15) is 4.79 Å². The second-order valence-corrected chi connectivity index (χ2v) is 4.86. The Labute approximate surface area is 123 Å². The summed E-state index contributed by atoms with van der Waals surface area (Å²) in [5.74, 6) is 0.803. The molecule has 0 bridgehead atoms. The van der Waals surface area contributed by atoms with Crippen molar-refractivity contribution in [3.05, 3.63) is 59.5 Å². The van der Waals surface area contributed by atoms with Gasteiger partial charge in [0, 0.05) is 24.9 Å². The predicted octanol–water partition coefficient (Wildman–Crippen LogP) is 2.16. The Morgan fingerprint density at radius 1 is 1.30 bits per heavy atom. The van der Waals surface area contributed by atoms with Gasteiger partial charge in [0.1, 0.15) is 10.7 Å². The van der Waals surface area contributed by atoms with E-state index in [1.54, 1.807) is 6.26 Å². The Bertz CT molecular complexity index is 594. The molecule has 20 heavy (non-hydrogen) atoms. The summed E-state index contributed by atoms with van der Waals surface area (Å²) >= 11 is 4.92. The van der Waals surface area contributed by atoms with E-state index >= 15 is 0 Å². The topological polar surface area (TPSA) is 68.3 Å². The number of amides is 1. The normalized spacial score (nSPS) is 10.2. The van der Waals surface area contributed by atoms with Gasteiger partial charge in [-0.15, -0.1) is 0 Å². The molecule has 3 N–H and O–H groups in total. The third-order valence-corrected chi connectivity index (χ3v) is 3.12. The average molecular weight is 288 g/mol. The maximum absolute atomic E-state index is 11.7. The first-order valence-electron chi connectivity index (χ1n) is 6.33. The molecule has 0 aliphatic heterocycles. The third kappa shape index (κ3) is 4.20. The predicted molar refractivity (Wildman–Crippen MR) is 81.2 cm³/mol. The molecule has 1 aromatic heterocycles. The van der Waals surface area contributed by atoms with Gasteiger partial charge in [-0.1, -0.05) is 30.4 Å². The summed E-state index contributed by atoms with van der Waals surface area (Å²) in [6.07, 6.45) is 2.61. The lowest BCUT2D eigenvalue weighted by molar-refractivity contribution is -0.121. The van der Waals surface area contributed by atoms with Gasteiger partial charge in [-0.2, -0.15) is 0 Å². The highest BCUT2D eigenvalue weighted by Crippen LogP contribution is 2.06. The number of aryl methyl sites for hydroxylation is 1. The highest BCUT2D eigenvalue weighted by atomic mass is 32.1. The number of nitrogens with two attached hydrogens (primary N) is 1. The van der Waals surface area contributed by atoms with Gasteiger partial charge in [0.05, 0.1) is 6.26 Å². The molecular weight excluding hydrogens is 272 g/mol. The van der Waals surface area contributed by atoms with E-state index < -0.39 is 0 Å². The number of rotatable bonds is 6. The van der Waals surface area contributed by atoms with E-state index in [1.165, 1.54) is 0 Å². The lowest BCUT2D eigenvalue weighted by Crippen LogP contribution is -2.23. The zero-order valence-corrected chi connectivity index (χ0v) is 11.8. The zero-order valence-electron chi connectivity index (χ0n) is 11.0. The number of hydrogen-bond acceptors (Lipinski definition) is 3. The van der Waals surface area contributed by atoms with Gasteiger partial charge in [0.2, 0.25) is 5.91 Å². The van der Waals surface area contributed by atoms with Gasteiger partial charge >= 0.3 is 0 Å². The fourth-order valence-electron chi connectivity index (χ4n) is 1.82. The zero-order chi connectivity index (χ0) is 14.4. The lowest BCUT2D eigenvalue weighted by atomic mass is 10.1. The third-order valence-electron chi connectivity index (χ3n) is 2.88. The van der Waals surface area contributed by atoms with Crippen LogP contribution in [0.15, 0.2) is 47.1 Å². The number of thiocarbonyl (C=S) groups is 1. The van der Waals surface area contributed by atoms with Crippen molar-refractivity contribution in [1.29, 1.82) is 0 Å². The smallest absolute Gasteiger partial charge is 0.220 e. The molecule has 0 aliphatic carbocycles. The van der Waals surface area contributed by atoms with E-state index in [-0.39, 0.29) is 5.91 Å². The highest BCUT2D eigenvalue weighted by Gasteiger charge is 2.04. The molecule has 2 aromatic rings. The molecule has 5 heteroatoms. The molecule has 4 nitrogen and oxygen atoms in total. The number of furan rings is 1. The summed E-state index contributed by atoms with van der Waals surface area (Å²) in [5.41, 5.74) is 7.36. The first-order chi connectivity index (χ1) is 9.65. The van der Waals surface area contributed by atoms with Crippen molar-refractivity contribution in [3.63, 3.8) is 0 Å². The van der Waals surface area contributed by atoms with Crippen LogP contribution in [0, 0.1) is 0 Å². The van der Waals surface area contributed by atoms with Crippen molar-refractivity contribution < 1.29 is 9.21 Å². The average Bonchev–Trinajstić information content (AvgIpc) is 2.96. The van der Waals surface area contributed by atoms with Gasteiger partial charge in [-0.3, -0.25) is 4.79 Å². The van der Waals surface area contributed by atoms with Crippen LogP contribution in [0.5, 0.6) is 0 Å². The quantitative estimate of drug-likeness (QED) is 0.799. The number of carbonyl (C=O) groups excluding carboxylic acids is 1. The summed E-state index contributed by atoms with van der Waals surface area (Å²) in [5, 5.41) is 2.86. The first kappa shape index (κ1) is 14.3. The van der Waals surface area contributed by atoms with E-state index in [4.69, 9.17) is 22.4 Å². The van der Waals surface area contributed by atoms with Crippen LogP contribution in [0.25, 0.3) is 0 Å². The van der Waals surface area contributed by atoms with Crippen LogP contribution in [-0.4, -0.2) is 10.9 Å². The molecule has 0 radical (unpaired) electrons. The van der Waals surface area contributed by atoms with Gasteiger partial charge in [0.25, 0.3) is 0 Å². The van der Waals surface area contributed by atoms with E-state index in [2.05, 4.69) is 5.32 Å². The van der Waals surface area contributed by atoms with Crippen LogP contribution in [0.4, 0.5) is 0 Å². The van der Waals surface area contributed by atoms with Crippen LogP contribution in [0.2, 0.25) is 0 Å². The molecule has 1 amide bonds. The van der Waals surface area contributed by atoms with Crippen molar-refractivity contribution >= 4 is 23.1 Å². The minimum atomic E-state index is -0.0119. The lowest BCUT2D eigenvalue weighted by Gasteiger charge is -2.06. The van der Waals surface area contributed by atoms with Gasteiger partial charge in [-0.05, 0) is 23.8 Å². The van der Waals surface area contributed by atoms with Crippen molar-refractivity contribution in [2.45, 2.75) is 19.4 Å². The Balaban J connectivity index is 1.81. The van der Waals surface area contributed by atoms with Gasteiger partial charge < -0.3 is 15.5 Å². The summed E-state index contributed by atoms with van der Waals surface area (Å²) in [7, 11) is 0. The molecule has 0 unspecified atom stereocenters. The molecule has 0 atom stereocenters. The Hall–Kier alpha value is -2.14. The Kier molecular flexibility index (Phi) is 4.90. The van der Waals surface area contributed by atoms with E-state index in [1.807, 2.05) is 36.4 Å². The molecule has 104 valence electrons. The van der Waals surface area contributed by atoms with Gasteiger partial charge in [-0.25, -0.2) is 0 Å². The number of carbonyl (C=O) groups is 1. The fourth-order valence-corrected chi connectivity index (χ4v) is 1.94. The second-order valence-electron chi connectivity index (χ2n) is 4.42. The molecule has 2 rings (SSSR count). The van der Waals surface area contributed by atoms with Crippen molar-refractivity contribution in [2.24, 2.45) is 5.73 Å². The summed E-state index contributed by atoms with van der Waals surface area (Å²) in [4.78, 5) is 12.1. The first-order valence-corrected chi connectivity index (χ1v) is 6.74. The van der Waals surface area contributed by atoms with Crippen molar-refractivity contribution in [1.82, 2.24) is 5.32 Å². The number of nitrogens with one attached hydrogen (secondary N) is 1. The van der Waals surface area contributed by atoms with E-state index in [0.29, 0.717) is 24.4 Å². The number of benzene rings is 1. The fraction of sp³-hybridized carbons (Fsp3) is 0.200. The highest BCUT2D eigenvalue weighted by molar-refractivity contribution is 7.80. The summed E-state index contributed by atoms with van der Waals surface area (Å²) in [6.45, 7) is 0.466. The molecule has 0 fully saturated rings. The number of hydrogen-bond donors (Lipinski definition) is 2. The molecule has 0 aliphatic rings. The Morgan fingerprint density at radius 2 is 2.15 bits per heavy atom. The van der Waals surface area contributed by atoms with Gasteiger partial charge in [0.15, 0.2) is 0 Å². The molecular formula is C15H16N2O2S. The van der Waals surface area contributed by atoms with Crippen molar-refractivity contribution in [3.8, 4) is 0 Å². The maximum Gasteiger partial charge on any atom is 0.220 e. The van der Waals surface area contributed by atoms with Crippen LogP contribution in [-0.2, 0) is 17.8 Å². The Morgan fingerprint density at radius 3 is 2.85 bits per heavy atom. The van der Waals surface area contributed by atoms with Crippen LogP contribution in [0.3, 0.4) is 0 Å². The molecule has 0 spiro atoms. The summed E-state index contributed by atoms with van der Waals surface area (Å²) < 4.78 is 5.18. The second kappa shape index (κ2) is 6.86. The molecule has 1 aromatic carbocycles. The minimum absolute atomic E-state index is 0.0119. The van der Waals surface area contributed by atoms with Crippen LogP contribution in [0.1, 0.15) is 23.3 Å².